The Balaban J connectivity index is 1.55. The van der Waals surface area contributed by atoms with Crippen LogP contribution in [0.3, 0.4) is 0 Å². The summed E-state index contributed by atoms with van der Waals surface area (Å²) in [6.07, 6.45) is 7.08. The van der Waals surface area contributed by atoms with Crippen LogP contribution >= 0.6 is 0 Å². The summed E-state index contributed by atoms with van der Waals surface area (Å²) < 4.78 is 72.2. The van der Waals surface area contributed by atoms with E-state index in [1.807, 2.05) is 6.92 Å². The highest BCUT2D eigenvalue weighted by Crippen LogP contribution is 2.65. The number of alkyl halides is 3. The highest BCUT2D eigenvalue weighted by Gasteiger charge is 2.61. The fourth-order valence-electron chi connectivity index (χ4n) is 7.28. The number of hydrogen-bond acceptors (Lipinski definition) is 5. The third kappa shape index (κ3) is 3.73. The lowest BCUT2D eigenvalue weighted by atomic mass is 9.48. The molecule has 4 rings (SSSR count). The van der Waals surface area contributed by atoms with E-state index in [1.54, 1.807) is 0 Å². The molecule has 31 heavy (non-hydrogen) atoms. The van der Waals surface area contributed by atoms with Crippen LogP contribution in [0.2, 0.25) is 0 Å². The van der Waals surface area contributed by atoms with Crippen LogP contribution in [0.15, 0.2) is 11.6 Å². The lowest BCUT2D eigenvalue weighted by molar-refractivity contribution is -0.148. The summed E-state index contributed by atoms with van der Waals surface area (Å²) >= 11 is 0. The molecule has 4 aliphatic rings. The molecule has 0 heterocycles. The molecule has 0 aliphatic heterocycles. The maximum atomic E-state index is 12.9. The third-order valence-corrected chi connectivity index (χ3v) is 9.88. The molecule has 176 valence electrons. The van der Waals surface area contributed by atoms with E-state index in [0.717, 1.165) is 32.1 Å². The summed E-state index contributed by atoms with van der Waals surface area (Å²) in [5, 5.41) is 0. The zero-order chi connectivity index (χ0) is 22.8. The first-order chi connectivity index (χ1) is 14.3. The quantitative estimate of drug-likeness (QED) is 0.251. The SMILES string of the molecule is CC(=O)O[C@H]1CC[C@@]2(C)C(=CC[C@@H]3[C@@H]2CC[C@]2(C)C(OS(=O)(=O)C(F)(F)F)CC[C@@H]32)C1. The largest absolute Gasteiger partial charge is 0.523 e. The second-order valence-corrected chi connectivity index (χ2v) is 11.9. The molecule has 0 spiro atoms. The summed E-state index contributed by atoms with van der Waals surface area (Å²) in [6, 6.07) is 0. The van der Waals surface area contributed by atoms with Crippen molar-refractivity contribution in [3.05, 3.63) is 11.6 Å². The minimum Gasteiger partial charge on any atom is -0.462 e. The van der Waals surface area contributed by atoms with Crippen LogP contribution in [0.25, 0.3) is 0 Å². The smallest absolute Gasteiger partial charge is 0.462 e. The van der Waals surface area contributed by atoms with Crippen molar-refractivity contribution in [3.63, 3.8) is 0 Å². The molecule has 0 aromatic carbocycles. The number of hydrogen-bond donors (Lipinski definition) is 0. The van der Waals surface area contributed by atoms with E-state index in [1.165, 1.54) is 12.5 Å². The molecule has 5 nitrogen and oxygen atoms in total. The Hall–Kier alpha value is -1.09. The van der Waals surface area contributed by atoms with Gasteiger partial charge in [0.2, 0.25) is 0 Å². The Kier molecular flexibility index (Phi) is 5.56. The molecule has 0 bridgehead atoms. The Labute approximate surface area is 181 Å². The van der Waals surface area contributed by atoms with Crippen LogP contribution in [-0.2, 0) is 23.8 Å². The standard InChI is InChI=1S/C22H31F3O5S/c1-13(26)29-15-8-10-20(2)14(12-15)4-5-16-17-6-7-19(21(17,3)11-9-18(16)20)30-31(27,28)22(23,24)25/h4,15-19H,5-12H2,1-3H3/t15-,16-,17-,18-,19?,20-,21-/m0/s1. The summed E-state index contributed by atoms with van der Waals surface area (Å²) in [5.41, 5.74) is -4.64. The van der Waals surface area contributed by atoms with Crippen molar-refractivity contribution in [1.29, 1.82) is 0 Å². The molecular formula is C22H31F3O5S. The van der Waals surface area contributed by atoms with Gasteiger partial charge in [0.25, 0.3) is 0 Å². The van der Waals surface area contributed by atoms with Crippen molar-refractivity contribution >= 4 is 16.1 Å². The molecule has 9 heteroatoms. The van der Waals surface area contributed by atoms with Crippen molar-refractivity contribution in [3.8, 4) is 0 Å². The lowest BCUT2D eigenvalue weighted by Crippen LogP contribution is -2.52. The summed E-state index contributed by atoms with van der Waals surface area (Å²) in [5.74, 6) is 0.587. The van der Waals surface area contributed by atoms with Gasteiger partial charge in [0.15, 0.2) is 0 Å². The minimum atomic E-state index is -5.60. The van der Waals surface area contributed by atoms with Gasteiger partial charge in [-0.25, -0.2) is 0 Å². The third-order valence-electron chi connectivity index (χ3n) is 8.83. The fourth-order valence-corrected chi connectivity index (χ4v) is 8.01. The van der Waals surface area contributed by atoms with E-state index in [4.69, 9.17) is 8.92 Å². The van der Waals surface area contributed by atoms with Crippen molar-refractivity contribution in [2.24, 2.45) is 28.6 Å². The van der Waals surface area contributed by atoms with Gasteiger partial charge in [0.1, 0.15) is 6.10 Å². The molecule has 0 radical (unpaired) electrons. The van der Waals surface area contributed by atoms with E-state index < -0.39 is 27.1 Å². The van der Waals surface area contributed by atoms with E-state index in [-0.39, 0.29) is 23.4 Å². The Morgan fingerprint density at radius 1 is 1.10 bits per heavy atom. The van der Waals surface area contributed by atoms with E-state index in [9.17, 15) is 26.4 Å². The number of rotatable bonds is 3. The van der Waals surface area contributed by atoms with Crippen LogP contribution < -0.4 is 0 Å². The number of fused-ring (bicyclic) bond motifs is 5. The van der Waals surface area contributed by atoms with E-state index in [0.29, 0.717) is 31.1 Å². The average Bonchev–Trinajstić information content (AvgIpc) is 2.96. The number of halogens is 3. The zero-order valence-electron chi connectivity index (χ0n) is 18.2. The van der Waals surface area contributed by atoms with Gasteiger partial charge in [0, 0.05) is 13.3 Å². The zero-order valence-corrected chi connectivity index (χ0v) is 19.0. The number of allylic oxidation sites excluding steroid dienone is 1. The highest BCUT2D eigenvalue weighted by atomic mass is 32.2. The molecular weight excluding hydrogens is 433 g/mol. The molecule has 0 N–H and O–H groups in total. The van der Waals surface area contributed by atoms with Crippen molar-refractivity contribution in [1.82, 2.24) is 0 Å². The molecule has 4 aliphatic carbocycles. The van der Waals surface area contributed by atoms with Crippen molar-refractivity contribution < 1.29 is 35.3 Å². The molecule has 0 amide bonds. The Morgan fingerprint density at radius 2 is 1.81 bits per heavy atom. The number of ether oxygens (including phenoxy) is 1. The van der Waals surface area contributed by atoms with Crippen LogP contribution in [0.4, 0.5) is 13.2 Å². The van der Waals surface area contributed by atoms with E-state index in [2.05, 4.69) is 13.0 Å². The number of carbonyl (C=O) groups is 1. The van der Waals surface area contributed by atoms with Crippen LogP contribution in [-0.4, -0.2) is 32.1 Å². The number of esters is 1. The predicted molar refractivity (Wildman–Crippen MR) is 107 cm³/mol. The van der Waals surface area contributed by atoms with Gasteiger partial charge in [-0.1, -0.05) is 25.5 Å². The maximum absolute atomic E-state index is 12.9. The lowest BCUT2D eigenvalue weighted by Gasteiger charge is -2.57. The van der Waals surface area contributed by atoms with Gasteiger partial charge >= 0.3 is 21.6 Å². The topological polar surface area (TPSA) is 69.7 Å². The second-order valence-electron chi connectivity index (χ2n) is 10.3. The first kappa shape index (κ1) is 23.1. The molecule has 1 unspecified atom stereocenters. The van der Waals surface area contributed by atoms with Gasteiger partial charge in [-0.3, -0.25) is 8.98 Å². The molecule has 0 aromatic rings. The van der Waals surface area contributed by atoms with Crippen LogP contribution in [0.1, 0.15) is 72.1 Å². The predicted octanol–water partition coefficient (Wildman–Crippen LogP) is 5.12. The maximum Gasteiger partial charge on any atom is 0.523 e. The summed E-state index contributed by atoms with van der Waals surface area (Å²) in [6.45, 7) is 5.62. The molecule has 0 saturated heterocycles. The highest BCUT2D eigenvalue weighted by molar-refractivity contribution is 7.87. The minimum absolute atomic E-state index is 0.00210. The average molecular weight is 465 g/mol. The Morgan fingerprint density at radius 3 is 2.45 bits per heavy atom. The first-order valence-electron chi connectivity index (χ1n) is 11.1. The van der Waals surface area contributed by atoms with Gasteiger partial charge in [-0.15, -0.1) is 0 Å². The summed E-state index contributed by atoms with van der Waals surface area (Å²) in [4.78, 5) is 11.4. The van der Waals surface area contributed by atoms with E-state index >= 15 is 0 Å². The summed E-state index contributed by atoms with van der Waals surface area (Å²) in [7, 11) is -5.60. The van der Waals surface area contributed by atoms with Crippen LogP contribution in [0, 0.1) is 28.6 Å². The van der Waals surface area contributed by atoms with Gasteiger partial charge in [-0.05, 0) is 73.5 Å². The van der Waals surface area contributed by atoms with Crippen molar-refractivity contribution in [2.75, 3.05) is 0 Å². The molecule has 3 fully saturated rings. The van der Waals surface area contributed by atoms with Crippen molar-refractivity contribution in [2.45, 2.75) is 89.9 Å². The van der Waals surface area contributed by atoms with Gasteiger partial charge in [0.05, 0.1) is 6.10 Å². The second kappa shape index (κ2) is 7.47. The van der Waals surface area contributed by atoms with Gasteiger partial charge < -0.3 is 4.74 Å². The van der Waals surface area contributed by atoms with Gasteiger partial charge in [-0.2, -0.15) is 21.6 Å². The Bertz CT molecular complexity index is 882. The number of carbonyl (C=O) groups excluding carboxylic acids is 1. The first-order valence-corrected chi connectivity index (χ1v) is 12.5. The molecule has 7 atom stereocenters. The normalized spacial score (nSPS) is 42.8. The monoisotopic (exact) mass is 464 g/mol. The molecule has 0 aromatic heterocycles. The van der Waals surface area contributed by atoms with Crippen LogP contribution in [0.5, 0.6) is 0 Å². The fraction of sp³-hybridized carbons (Fsp3) is 0.864. The molecule has 3 saturated carbocycles.